The Morgan fingerprint density at radius 1 is 1.08 bits per heavy atom. The lowest BCUT2D eigenvalue weighted by molar-refractivity contribution is 0.355. The van der Waals surface area contributed by atoms with Gasteiger partial charge in [-0.1, -0.05) is 20.8 Å². The van der Waals surface area contributed by atoms with Crippen LogP contribution >= 0.6 is 0 Å². The van der Waals surface area contributed by atoms with E-state index in [0.717, 1.165) is 24.6 Å². The summed E-state index contributed by atoms with van der Waals surface area (Å²) in [7, 11) is 2.97. The van der Waals surface area contributed by atoms with Crippen LogP contribution in [0.15, 0.2) is 34.4 Å². The zero-order chi connectivity index (χ0) is 28.5. The summed E-state index contributed by atoms with van der Waals surface area (Å²) in [4.78, 5) is 11.9. The van der Waals surface area contributed by atoms with Crippen molar-refractivity contribution in [3.05, 3.63) is 35.8 Å². The standard InChI is InChI=1S/C26H34N8O4S/c1-9-33(10-2)21-12-11-17(15(3)27-21)28-22-23(26(4,5)6)31-34-24(29-30-25(22)34)16-13-19(37-7)20(38-8)14-18(16)32-39(35)36/h11-14,32H,9-10H2,1-8H3,(H,35,36)/p-1. The van der Waals surface area contributed by atoms with Gasteiger partial charge in [-0.3, -0.25) is 4.21 Å². The minimum Gasteiger partial charge on any atom is -0.755 e. The predicted molar refractivity (Wildman–Crippen MR) is 152 cm³/mol. The molecule has 1 aromatic carbocycles. The first kappa shape index (κ1) is 28.2. The molecular formula is C26H33N8O4S-. The molecule has 3 aromatic rings. The summed E-state index contributed by atoms with van der Waals surface area (Å²) in [5, 5.41) is 13.6. The van der Waals surface area contributed by atoms with Crippen LogP contribution < -0.4 is 19.1 Å². The summed E-state index contributed by atoms with van der Waals surface area (Å²) < 4.78 is 37.9. The van der Waals surface area contributed by atoms with Crippen LogP contribution in [0.2, 0.25) is 0 Å². The van der Waals surface area contributed by atoms with Crippen molar-refractivity contribution in [1.29, 1.82) is 0 Å². The van der Waals surface area contributed by atoms with Crippen LogP contribution in [-0.2, 0) is 11.3 Å². The van der Waals surface area contributed by atoms with Gasteiger partial charge in [-0.2, -0.15) is 9.78 Å². The number of aryl methyl sites for hydroxylation is 1. The summed E-state index contributed by atoms with van der Waals surface area (Å²) in [6, 6.07) is 7.06. The van der Waals surface area contributed by atoms with Crippen molar-refractivity contribution in [2.24, 2.45) is 15.5 Å². The Balaban J connectivity index is 1.88. The quantitative estimate of drug-likeness (QED) is 0.390. The number of anilines is 2. The van der Waals surface area contributed by atoms with Crippen LogP contribution in [0.3, 0.4) is 0 Å². The highest BCUT2D eigenvalue weighted by atomic mass is 32.2. The topological polar surface area (TPSA) is 142 Å². The van der Waals surface area contributed by atoms with Crippen LogP contribution in [0.5, 0.6) is 11.5 Å². The molecule has 0 fully saturated rings. The maximum Gasteiger partial charge on any atom is 0.205 e. The fraction of sp³-hybridized carbons (Fsp3) is 0.423. The average Bonchev–Trinajstić information content (AvgIpc) is 3.46. The van der Waals surface area contributed by atoms with Crippen LogP contribution in [0, 0.1) is 12.3 Å². The Bertz CT molecular complexity index is 1470. The third kappa shape index (κ3) is 5.50. The molecule has 0 saturated heterocycles. The van der Waals surface area contributed by atoms with E-state index in [2.05, 4.69) is 33.7 Å². The summed E-state index contributed by atoms with van der Waals surface area (Å²) in [5.74, 6) is 2.40. The molecule has 0 aliphatic carbocycles. The van der Waals surface area contributed by atoms with E-state index in [1.807, 2.05) is 39.8 Å². The lowest BCUT2D eigenvalue weighted by Gasteiger charge is -2.20. The first-order chi connectivity index (χ1) is 18.5. The van der Waals surface area contributed by atoms with E-state index in [1.165, 1.54) is 20.3 Å². The van der Waals surface area contributed by atoms with E-state index in [1.54, 1.807) is 10.7 Å². The third-order valence-corrected chi connectivity index (χ3v) is 6.69. The molecule has 4 rings (SSSR count). The molecule has 12 nitrogen and oxygen atoms in total. The van der Waals surface area contributed by atoms with Gasteiger partial charge in [-0.05, 0) is 39.0 Å². The second-order valence-corrected chi connectivity index (χ2v) is 10.5. The van der Waals surface area contributed by atoms with Gasteiger partial charge in [0.05, 0.1) is 37.0 Å². The Labute approximate surface area is 230 Å². The molecule has 1 atom stereocenters. The molecule has 13 heteroatoms. The highest BCUT2D eigenvalue weighted by Crippen LogP contribution is 2.40. The molecular weight excluding hydrogens is 520 g/mol. The van der Waals surface area contributed by atoms with Crippen molar-refractivity contribution in [3.8, 4) is 22.9 Å². The first-order valence-corrected chi connectivity index (χ1v) is 13.6. The fourth-order valence-corrected chi connectivity index (χ4v) is 4.64. The average molecular weight is 554 g/mol. The Kier molecular flexibility index (Phi) is 8.02. The molecule has 0 spiro atoms. The fourth-order valence-electron chi connectivity index (χ4n) is 4.29. The summed E-state index contributed by atoms with van der Waals surface area (Å²) in [6.07, 6.45) is 0. The van der Waals surface area contributed by atoms with Crippen molar-refractivity contribution >= 4 is 39.9 Å². The van der Waals surface area contributed by atoms with Crippen molar-refractivity contribution in [2.45, 2.75) is 41.5 Å². The molecule has 39 heavy (non-hydrogen) atoms. The molecule has 0 saturated carbocycles. The molecule has 0 amide bonds. The summed E-state index contributed by atoms with van der Waals surface area (Å²) in [5.41, 5.74) is 3.03. The van der Waals surface area contributed by atoms with Gasteiger partial charge in [-0.25, -0.2) is 9.98 Å². The number of methoxy groups -OCH3 is 2. The maximum atomic E-state index is 11.6. The zero-order valence-electron chi connectivity index (χ0n) is 23.4. The predicted octanol–water partition coefficient (Wildman–Crippen LogP) is 4.10. The van der Waals surface area contributed by atoms with Gasteiger partial charge < -0.3 is 23.6 Å². The van der Waals surface area contributed by atoms with Crippen LogP contribution in [0.4, 0.5) is 17.2 Å². The number of fused-ring (bicyclic) bond motifs is 1. The molecule has 1 N–H and O–H groups in total. The number of nitrogens with one attached hydrogen (secondary N) is 1. The van der Waals surface area contributed by atoms with Crippen molar-refractivity contribution in [1.82, 2.24) is 19.9 Å². The first-order valence-electron chi connectivity index (χ1n) is 12.5. The lowest BCUT2D eigenvalue weighted by atomic mass is 9.87. The number of aromatic nitrogens is 4. The molecule has 0 radical (unpaired) electrons. The van der Waals surface area contributed by atoms with E-state index in [9.17, 15) is 8.76 Å². The van der Waals surface area contributed by atoms with Crippen molar-refractivity contribution < 1.29 is 18.2 Å². The number of rotatable bonds is 9. The number of pyridine rings is 1. The van der Waals surface area contributed by atoms with Crippen molar-refractivity contribution in [3.63, 3.8) is 0 Å². The van der Waals surface area contributed by atoms with Crippen LogP contribution in [-0.4, -0.2) is 67.4 Å². The summed E-state index contributed by atoms with van der Waals surface area (Å²) >= 11 is -2.59. The van der Waals surface area contributed by atoms with Gasteiger partial charge in [-0.15, -0.1) is 10.2 Å². The third-order valence-electron chi connectivity index (χ3n) is 6.31. The highest BCUT2D eigenvalue weighted by molar-refractivity contribution is 7.80. The Hall–Kier alpha value is -3.84. The number of nitrogens with zero attached hydrogens (tertiary/aromatic N) is 7. The van der Waals surface area contributed by atoms with Crippen molar-refractivity contribution in [2.75, 3.05) is 36.9 Å². The molecule has 208 valence electrons. The largest absolute Gasteiger partial charge is 0.755 e. The van der Waals surface area contributed by atoms with Crippen LogP contribution in [0.25, 0.3) is 11.4 Å². The zero-order valence-corrected chi connectivity index (χ0v) is 24.2. The molecule has 1 unspecified atom stereocenters. The summed E-state index contributed by atoms with van der Waals surface area (Å²) in [6.45, 7) is 14.0. The number of hydrogen-bond donors (Lipinski definition) is 1. The monoisotopic (exact) mass is 553 g/mol. The number of aliphatic imine (C=N–C) groups is 1. The lowest BCUT2D eigenvalue weighted by Crippen LogP contribution is -2.27. The van der Waals surface area contributed by atoms with Gasteiger partial charge in [0.15, 0.2) is 17.3 Å². The molecule has 3 heterocycles. The van der Waals surface area contributed by atoms with Gasteiger partial charge >= 0.3 is 0 Å². The molecule has 1 aliphatic heterocycles. The van der Waals surface area contributed by atoms with Gasteiger partial charge in [0.1, 0.15) is 11.5 Å². The normalized spacial score (nSPS) is 14.7. The smallest absolute Gasteiger partial charge is 0.205 e. The van der Waals surface area contributed by atoms with Gasteiger partial charge in [0.2, 0.25) is 5.82 Å². The minimum absolute atomic E-state index is 0.237. The van der Waals surface area contributed by atoms with Crippen LogP contribution in [0.1, 0.15) is 46.1 Å². The molecule has 2 aromatic heterocycles. The Morgan fingerprint density at radius 2 is 1.72 bits per heavy atom. The van der Waals surface area contributed by atoms with Gasteiger partial charge in [0, 0.05) is 41.4 Å². The van der Waals surface area contributed by atoms with Gasteiger partial charge in [0.25, 0.3) is 0 Å². The molecule has 1 aliphatic rings. The highest BCUT2D eigenvalue weighted by Gasteiger charge is 2.36. The number of hydrogen-bond acceptors (Lipinski definition) is 10. The number of benzene rings is 1. The van der Waals surface area contributed by atoms with E-state index < -0.39 is 11.3 Å². The Morgan fingerprint density at radius 3 is 2.28 bits per heavy atom. The van der Waals surface area contributed by atoms with E-state index >= 15 is 0 Å². The SMILES string of the molecule is CCN(CC)c1ccc(N=C2C(C(C)(C)C)=Nn3c2nnc3-c2cc(OC)c(OC)cc2NS(=O)[O-])c(C)n1. The number of ether oxygens (including phenoxy) is 2. The second kappa shape index (κ2) is 11.1. The van der Waals surface area contributed by atoms with E-state index in [4.69, 9.17) is 24.6 Å². The maximum absolute atomic E-state index is 11.6. The van der Waals surface area contributed by atoms with E-state index in [-0.39, 0.29) is 11.1 Å². The second-order valence-electron chi connectivity index (χ2n) is 9.85. The minimum atomic E-state index is -2.59. The van der Waals surface area contributed by atoms with E-state index in [0.29, 0.717) is 45.8 Å². The molecule has 0 bridgehead atoms.